The molecule has 1 unspecified atom stereocenters. The fraction of sp³-hybridized carbons (Fsp3) is 0.312. The number of hydrogen-bond acceptors (Lipinski definition) is 3. The molecular formula is C16H20N2OS. The molecule has 1 heterocycles. The SMILES string of the molecule is CC(C)c1ccc(C(N)CNC(=O)c2cccs2)cc1. The fourth-order valence-electron chi connectivity index (χ4n) is 1.94. The smallest absolute Gasteiger partial charge is 0.261 e. The zero-order valence-corrected chi connectivity index (χ0v) is 12.6. The van der Waals surface area contributed by atoms with Crippen molar-refractivity contribution in [2.75, 3.05) is 6.54 Å². The molecule has 4 heteroatoms. The summed E-state index contributed by atoms with van der Waals surface area (Å²) in [6.07, 6.45) is 0. The van der Waals surface area contributed by atoms with Gasteiger partial charge in [-0.25, -0.2) is 0 Å². The molecule has 20 heavy (non-hydrogen) atoms. The number of nitrogens with two attached hydrogens (primary N) is 1. The number of nitrogens with one attached hydrogen (secondary N) is 1. The Morgan fingerprint density at radius 2 is 1.85 bits per heavy atom. The molecule has 0 aliphatic carbocycles. The first-order chi connectivity index (χ1) is 9.58. The van der Waals surface area contributed by atoms with E-state index >= 15 is 0 Å². The molecule has 0 fully saturated rings. The van der Waals surface area contributed by atoms with Crippen LogP contribution in [-0.2, 0) is 0 Å². The third-order valence-corrected chi connectivity index (χ3v) is 4.13. The van der Waals surface area contributed by atoms with Crippen LogP contribution < -0.4 is 11.1 Å². The van der Waals surface area contributed by atoms with E-state index in [2.05, 4.69) is 31.3 Å². The lowest BCUT2D eigenvalue weighted by Gasteiger charge is -2.14. The molecule has 0 spiro atoms. The first-order valence-electron chi connectivity index (χ1n) is 6.75. The molecule has 0 aliphatic heterocycles. The highest BCUT2D eigenvalue weighted by molar-refractivity contribution is 7.12. The van der Waals surface area contributed by atoms with Crippen molar-refractivity contribution in [3.63, 3.8) is 0 Å². The Balaban J connectivity index is 1.91. The van der Waals surface area contributed by atoms with Crippen molar-refractivity contribution in [3.8, 4) is 0 Å². The summed E-state index contributed by atoms with van der Waals surface area (Å²) in [5.41, 5.74) is 8.45. The summed E-state index contributed by atoms with van der Waals surface area (Å²) in [7, 11) is 0. The van der Waals surface area contributed by atoms with Crippen molar-refractivity contribution in [2.24, 2.45) is 5.73 Å². The van der Waals surface area contributed by atoms with Crippen LogP contribution in [0.1, 0.15) is 46.6 Å². The van der Waals surface area contributed by atoms with Crippen molar-refractivity contribution in [2.45, 2.75) is 25.8 Å². The summed E-state index contributed by atoms with van der Waals surface area (Å²) in [6, 6.07) is 11.8. The predicted octanol–water partition coefficient (Wildman–Crippen LogP) is 3.30. The molecule has 0 saturated carbocycles. The van der Waals surface area contributed by atoms with E-state index in [0.29, 0.717) is 17.3 Å². The molecule has 0 saturated heterocycles. The van der Waals surface area contributed by atoms with Gasteiger partial charge in [-0.15, -0.1) is 11.3 Å². The Bertz CT molecular complexity index is 546. The van der Waals surface area contributed by atoms with Gasteiger partial charge < -0.3 is 11.1 Å². The van der Waals surface area contributed by atoms with Gasteiger partial charge in [0.1, 0.15) is 0 Å². The number of amides is 1. The molecule has 0 bridgehead atoms. The molecule has 2 rings (SSSR count). The largest absolute Gasteiger partial charge is 0.349 e. The number of carbonyl (C=O) groups excluding carboxylic acids is 1. The van der Waals surface area contributed by atoms with Crippen LogP contribution >= 0.6 is 11.3 Å². The van der Waals surface area contributed by atoms with Gasteiger partial charge in [0.05, 0.1) is 4.88 Å². The first kappa shape index (κ1) is 14.8. The van der Waals surface area contributed by atoms with Crippen molar-refractivity contribution < 1.29 is 4.79 Å². The Hall–Kier alpha value is -1.65. The molecule has 3 N–H and O–H groups in total. The minimum absolute atomic E-state index is 0.0609. The van der Waals surface area contributed by atoms with E-state index in [1.54, 1.807) is 0 Å². The van der Waals surface area contributed by atoms with E-state index in [9.17, 15) is 4.79 Å². The Labute approximate surface area is 123 Å². The van der Waals surface area contributed by atoms with Crippen LogP contribution in [0.3, 0.4) is 0 Å². The average Bonchev–Trinajstić information content (AvgIpc) is 2.98. The number of thiophene rings is 1. The summed E-state index contributed by atoms with van der Waals surface area (Å²) >= 11 is 1.43. The molecular weight excluding hydrogens is 268 g/mol. The Morgan fingerprint density at radius 3 is 2.40 bits per heavy atom. The zero-order chi connectivity index (χ0) is 14.5. The van der Waals surface area contributed by atoms with Gasteiger partial charge in [-0.05, 0) is 28.5 Å². The van der Waals surface area contributed by atoms with E-state index in [-0.39, 0.29) is 11.9 Å². The molecule has 2 aromatic rings. The summed E-state index contributed by atoms with van der Waals surface area (Å²) in [5, 5.41) is 4.76. The lowest BCUT2D eigenvalue weighted by atomic mass is 9.99. The van der Waals surface area contributed by atoms with Gasteiger partial charge in [-0.3, -0.25) is 4.79 Å². The van der Waals surface area contributed by atoms with Crippen LogP contribution in [0.25, 0.3) is 0 Å². The van der Waals surface area contributed by atoms with E-state index in [0.717, 1.165) is 5.56 Å². The predicted molar refractivity (Wildman–Crippen MR) is 84.1 cm³/mol. The van der Waals surface area contributed by atoms with Crippen molar-refractivity contribution in [3.05, 3.63) is 57.8 Å². The van der Waals surface area contributed by atoms with Crippen LogP contribution in [0.2, 0.25) is 0 Å². The van der Waals surface area contributed by atoms with Crippen molar-refractivity contribution in [1.29, 1.82) is 0 Å². The molecule has 3 nitrogen and oxygen atoms in total. The molecule has 106 valence electrons. The van der Waals surface area contributed by atoms with Crippen molar-refractivity contribution >= 4 is 17.2 Å². The third kappa shape index (κ3) is 3.68. The van der Waals surface area contributed by atoms with Crippen LogP contribution in [0.15, 0.2) is 41.8 Å². The maximum absolute atomic E-state index is 11.8. The molecule has 1 amide bonds. The molecule has 1 aromatic carbocycles. The lowest BCUT2D eigenvalue weighted by Crippen LogP contribution is -2.31. The van der Waals surface area contributed by atoms with Gasteiger partial charge in [0, 0.05) is 12.6 Å². The third-order valence-electron chi connectivity index (χ3n) is 3.26. The fourth-order valence-corrected chi connectivity index (χ4v) is 2.58. The monoisotopic (exact) mass is 288 g/mol. The maximum atomic E-state index is 11.8. The quantitative estimate of drug-likeness (QED) is 0.887. The van der Waals surface area contributed by atoms with E-state index in [4.69, 9.17) is 5.73 Å². The molecule has 1 aromatic heterocycles. The average molecular weight is 288 g/mol. The van der Waals surface area contributed by atoms with Gasteiger partial charge in [0.2, 0.25) is 0 Å². The summed E-state index contributed by atoms with van der Waals surface area (Å²) in [4.78, 5) is 12.5. The second kappa shape index (κ2) is 6.68. The topological polar surface area (TPSA) is 55.1 Å². The number of rotatable bonds is 5. The summed E-state index contributed by atoms with van der Waals surface area (Å²) in [6.45, 7) is 4.77. The first-order valence-corrected chi connectivity index (χ1v) is 7.63. The minimum atomic E-state index is -0.180. The van der Waals surface area contributed by atoms with Crippen LogP contribution in [0.5, 0.6) is 0 Å². The summed E-state index contributed by atoms with van der Waals surface area (Å²) < 4.78 is 0. The van der Waals surface area contributed by atoms with Gasteiger partial charge in [0.15, 0.2) is 0 Å². The van der Waals surface area contributed by atoms with Crippen molar-refractivity contribution in [1.82, 2.24) is 5.32 Å². The van der Waals surface area contributed by atoms with E-state index in [1.165, 1.54) is 16.9 Å². The van der Waals surface area contributed by atoms with E-state index in [1.807, 2.05) is 29.6 Å². The van der Waals surface area contributed by atoms with Gasteiger partial charge in [-0.2, -0.15) is 0 Å². The Kier molecular flexibility index (Phi) is 4.93. The van der Waals surface area contributed by atoms with Crippen LogP contribution in [-0.4, -0.2) is 12.5 Å². The number of benzene rings is 1. The van der Waals surface area contributed by atoms with Crippen LogP contribution in [0.4, 0.5) is 0 Å². The maximum Gasteiger partial charge on any atom is 0.261 e. The summed E-state index contributed by atoms with van der Waals surface area (Å²) in [5.74, 6) is 0.452. The van der Waals surface area contributed by atoms with Gasteiger partial charge in [0.25, 0.3) is 5.91 Å². The van der Waals surface area contributed by atoms with Gasteiger partial charge in [-0.1, -0.05) is 44.2 Å². The molecule has 0 aliphatic rings. The highest BCUT2D eigenvalue weighted by Gasteiger charge is 2.10. The highest BCUT2D eigenvalue weighted by Crippen LogP contribution is 2.17. The highest BCUT2D eigenvalue weighted by atomic mass is 32.1. The second-order valence-electron chi connectivity index (χ2n) is 5.12. The lowest BCUT2D eigenvalue weighted by molar-refractivity contribution is 0.0955. The van der Waals surface area contributed by atoms with Gasteiger partial charge >= 0.3 is 0 Å². The standard InChI is InChI=1S/C16H20N2OS/c1-11(2)12-5-7-13(8-6-12)14(17)10-18-16(19)15-4-3-9-20-15/h3-9,11,14H,10,17H2,1-2H3,(H,18,19). The zero-order valence-electron chi connectivity index (χ0n) is 11.8. The van der Waals surface area contributed by atoms with E-state index < -0.39 is 0 Å². The molecule has 1 atom stereocenters. The second-order valence-corrected chi connectivity index (χ2v) is 6.06. The number of hydrogen-bond donors (Lipinski definition) is 2. The number of carbonyl (C=O) groups is 1. The Morgan fingerprint density at radius 1 is 1.20 bits per heavy atom. The minimum Gasteiger partial charge on any atom is -0.349 e. The van der Waals surface area contributed by atoms with Crippen LogP contribution in [0, 0.1) is 0 Å². The normalized spacial score (nSPS) is 12.4. The molecule has 0 radical (unpaired) electrons.